The van der Waals surface area contributed by atoms with Gasteiger partial charge in [-0.3, -0.25) is 0 Å². The van der Waals surface area contributed by atoms with E-state index in [0.717, 1.165) is 10.5 Å². The summed E-state index contributed by atoms with van der Waals surface area (Å²) in [6.45, 7) is 0.348. The number of hydrogen-bond acceptors (Lipinski definition) is 4. The quantitative estimate of drug-likeness (QED) is 0.824. The monoisotopic (exact) mass is 361 g/mol. The number of ether oxygens (including phenoxy) is 1. The number of aromatic nitrogens is 2. The molecule has 0 unspecified atom stereocenters. The molecule has 0 saturated heterocycles. The van der Waals surface area contributed by atoms with Crippen molar-refractivity contribution in [2.75, 3.05) is 18.5 Å². The lowest BCUT2D eigenvalue weighted by molar-refractivity contribution is -0.139. The Morgan fingerprint density at radius 3 is 2.67 bits per heavy atom. The van der Waals surface area contributed by atoms with E-state index in [1.807, 2.05) is 0 Å². The van der Waals surface area contributed by atoms with E-state index in [1.54, 1.807) is 18.3 Å². The highest BCUT2D eigenvalue weighted by Gasteiger charge is 2.34. The molecule has 0 aromatic carbocycles. The Morgan fingerprint density at radius 2 is 2.00 bits per heavy atom. The Labute approximate surface area is 127 Å². The molecule has 0 amide bonds. The first-order chi connectivity index (χ1) is 9.97. The predicted molar refractivity (Wildman–Crippen MR) is 75.2 cm³/mol. The molecule has 0 fully saturated rings. The first-order valence-electron chi connectivity index (χ1n) is 5.97. The highest BCUT2D eigenvalue weighted by atomic mass is 79.9. The van der Waals surface area contributed by atoms with Crippen LogP contribution in [0.5, 0.6) is 5.88 Å². The molecule has 0 aliphatic rings. The van der Waals surface area contributed by atoms with Crippen molar-refractivity contribution in [1.29, 1.82) is 0 Å². The fraction of sp³-hybridized carbons (Fsp3) is 0.231. The second kappa shape index (κ2) is 6.75. The van der Waals surface area contributed by atoms with E-state index in [4.69, 9.17) is 4.74 Å². The van der Waals surface area contributed by atoms with Gasteiger partial charge in [0, 0.05) is 16.9 Å². The van der Waals surface area contributed by atoms with Crippen molar-refractivity contribution >= 4 is 21.7 Å². The maximum Gasteiger partial charge on any atom is 0.421 e. The third-order valence-electron chi connectivity index (χ3n) is 2.45. The minimum Gasteiger partial charge on any atom is -0.475 e. The topological polar surface area (TPSA) is 47.0 Å². The van der Waals surface area contributed by atoms with E-state index >= 15 is 0 Å². The Hall–Kier alpha value is -1.83. The summed E-state index contributed by atoms with van der Waals surface area (Å²) in [6.07, 6.45) is -1.61. The number of anilines is 1. The van der Waals surface area contributed by atoms with E-state index in [1.165, 1.54) is 12.3 Å². The molecule has 0 bridgehead atoms. The molecule has 2 aromatic heterocycles. The standard InChI is InChI=1S/C13H11BrF3N3O/c14-9-3-4-11(20-8-9)18-6-7-21-12-10(13(15,16)17)2-1-5-19-12/h1-5,8H,6-7H2,(H,18,20). The van der Waals surface area contributed by atoms with Crippen molar-refractivity contribution < 1.29 is 17.9 Å². The van der Waals surface area contributed by atoms with Crippen LogP contribution in [0.25, 0.3) is 0 Å². The average Bonchev–Trinajstić information content (AvgIpc) is 2.45. The zero-order chi connectivity index (χ0) is 15.3. The summed E-state index contributed by atoms with van der Waals surface area (Å²) in [5.74, 6) is 0.189. The van der Waals surface area contributed by atoms with Crippen molar-refractivity contribution in [2.24, 2.45) is 0 Å². The van der Waals surface area contributed by atoms with Crippen LogP contribution in [-0.2, 0) is 6.18 Å². The van der Waals surface area contributed by atoms with Crippen LogP contribution < -0.4 is 10.1 Å². The predicted octanol–water partition coefficient (Wildman–Crippen LogP) is 3.75. The number of rotatable bonds is 5. The number of halogens is 4. The van der Waals surface area contributed by atoms with Crippen molar-refractivity contribution in [3.05, 3.63) is 46.7 Å². The summed E-state index contributed by atoms with van der Waals surface area (Å²) >= 11 is 3.25. The molecular weight excluding hydrogens is 351 g/mol. The van der Waals surface area contributed by atoms with Gasteiger partial charge in [-0.1, -0.05) is 0 Å². The zero-order valence-electron chi connectivity index (χ0n) is 10.7. The SMILES string of the molecule is FC(F)(F)c1cccnc1OCCNc1ccc(Br)cn1. The summed E-state index contributed by atoms with van der Waals surface area (Å²) in [5, 5.41) is 2.93. The van der Waals surface area contributed by atoms with Gasteiger partial charge in [0.2, 0.25) is 5.88 Å². The fourth-order valence-electron chi connectivity index (χ4n) is 1.53. The molecule has 0 atom stereocenters. The van der Waals surface area contributed by atoms with Gasteiger partial charge in [0.05, 0.1) is 6.54 Å². The normalized spacial score (nSPS) is 11.2. The molecule has 1 N–H and O–H groups in total. The molecule has 0 radical (unpaired) electrons. The van der Waals surface area contributed by atoms with Crippen LogP contribution in [0.3, 0.4) is 0 Å². The lowest BCUT2D eigenvalue weighted by Gasteiger charge is -2.12. The largest absolute Gasteiger partial charge is 0.475 e. The van der Waals surface area contributed by atoms with Gasteiger partial charge in [-0.15, -0.1) is 0 Å². The third kappa shape index (κ3) is 4.59. The van der Waals surface area contributed by atoms with Gasteiger partial charge in [0.15, 0.2) is 0 Å². The molecule has 0 spiro atoms. The van der Waals surface area contributed by atoms with Crippen LogP contribution in [0.15, 0.2) is 41.1 Å². The van der Waals surface area contributed by atoms with E-state index in [0.29, 0.717) is 12.4 Å². The van der Waals surface area contributed by atoms with Crippen LogP contribution in [0, 0.1) is 0 Å². The maximum absolute atomic E-state index is 12.7. The zero-order valence-corrected chi connectivity index (χ0v) is 12.3. The van der Waals surface area contributed by atoms with Crippen molar-refractivity contribution in [3.63, 3.8) is 0 Å². The molecule has 2 heterocycles. The van der Waals surface area contributed by atoms with Crippen molar-refractivity contribution in [3.8, 4) is 5.88 Å². The molecule has 0 aliphatic carbocycles. The molecule has 8 heteroatoms. The molecule has 2 rings (SSSR count). The maximum atomic E-state index is 12.7. The lowest BCUT2D eigenvalue weighted by atomic mass is 10.2. The molecule has 112 valence electrons. The average molecular weight is 362 g/mol. The third-order valence-corrected chi connectivity index (χ3v) is 2.92. The van der Waals surface area contributed by atoms with Gasteiger partial charge < -0.3 is 10.1 Å². The Kier molecular flexibility index (Phi) is 5.00. The molecular formula is C13H11BrF3N3O. The van der Waals surface area contributed by atoms with Crippen molar-refractivity contribution in [1.82, 2.24) is 9.97 Å². The molecule has 0 saturated carbocycles. The summed E-state index contributed by atoms with van der Waals surface area (Å²) < 4.78 is 44.0. The van der Waals surface area contributed by atoms with Crippen LogP contribution in [0.1, 0.15) is 5.56 Å². The van der Waals surface area contributed by atoms with Gasteiger partial charge in [-0.25, -0.2) is 9.97 Å². The number of hydrogen-bond donors (Lipinski definition) is 1. The van der Waals surface area contributed by atoms with E-state index in [-0.39, 0.29) is 6.61 Å². The Balaban J connectivity index is 1.88. The van der Waals surface area contributed by atoms with E-state index in [9.17, 15) is 13.2 Å². The summed E-state index contributed by atoms with van der Waals surface area (Å²) in [6, 6.07) is 5.70. The first-order valence-corrected chi connectivity index (χ1v) is 6.76. The summed E-state index contributed by atoms with van der Waals surface area (Å²) in [7, 11) is 0. The van der Waals surface area contributed by atoms with Crippen molar-refractivity contribution in [2.45, 2.75) is 6.18 Å². The molecule has 2 aromatic rings. The Bertz CT molecular complexity index is 590. The van der Waals surface area contributed by atoms with Gasteiger partial charge in [-0.05, 0) is 40.2 Å². The number of pyridine rings is 2. The number of nitrogens with one attached hydrogen (secondary N) is 1. The fourth-order valence-corrected chi connectivity index (χ4v) is 1.76. The van der Waals surface area contributed by atoms with Crippen LogP contribution >= 0.6 is 15.9 Å². The second-order valence-corrected chi connectivity index (χ2v) is 4.91. The number of nitrogens with zero attached hydrogens (tertiary/aromatic N) is 2. The Morgan fingerprint density at radius 1 is 1.19 bits per heavy atom. The van der Waals surface area contributed by atoms with Gasteiger partial charge in [-0.2, -0.15) is 13.2 Å². The van der Waals surface area contributed by atoms with Crippen LogP contribution in [0.2, 0.25) is 0 Å². The summed E-state index contributed by atoms with van der Waals surface area (Å²) in [4.78, 5) is 7.68. The van der Waals surface area contributed by atoms with Gasteiger partial charge in [0.1, 0.15) is 18.0 Å². The van der Waals surface area contributed by atoms with Crippen LogP contribution in [-0.4, -0.2) is 23.1 Å². The van der Waals surface area contributed by atoms with Gasteiger partial charge >= 0.3 is 6.18 Å². The van der Waals surface area contributed by atoms with Gasteiger partial charge in [0.25, 0.3) is 0 Å². The minimum absolute atomic E-state index is 0.0395. The summed E-state index contributed by atoms with van der Waals surface area (Å²) in [5.41, 5.74) is -0.883. The minimum atomic E-state index is -4.48. The molecule has 0 aliphatic heterocycles. The lowest BCUT2D eigenvalue weighted by Crippen LogP contribution is -2.15. The molecule has 4 nitrogen and oxygen atoms in total. The van der Waals surface area contributed by atoms with E-state index < -0.39 is 17.6 Å². The number of alkyl halides is 3. The second-order valence-electron chi connectivity index (χ2n) is 3.99. The smallest absolute Gasteiger partial charge is 0.421 e. The highest BCUT2D eigenvalue weighted by molar-refractivity contribution is 9.10. The first kappa shape index (κ1) is 15.6. The van der Waals surface area contributed by atoms with E-state index in [2.05, 4.69) is 31.2 Å². The molecule has 21 heavy (non-hydrogen) atoms. The highest BCUT2D eigenvalue weighted by Crippen LogP contribution is 2.34. The van der Waals surface area contributed by atoms with Crippen LogP contribution in [0.4, 0.5) is 19.0 Å².